The van der Waals surface area contributed by atoms with Gasteiger partial charge in [0.25, 0.3) is 17.7 Å². The van der Waals surface area contributed by atoms with Crippen molar-refractivity contribution in [3.05, 3.63) is 95.1 Å². The van der Waals surface area contributed by atoms with Crippen molar-refractivity contribution in [2.75, 3.05) is 11.9 Å². The third-order valence-corrected chi connectivity index (χ3v) is 5.53. The molecular weight excluding hydrogens is 430 g/mol. The molecule has 3 aromatic rings. The molecule has 3 rings (SSSR count). The molecule has 7 nitrogen and oxygen atoms in total. The first-order valence-corrected chi connectivity index (χ1v) is 11.2. The van der Waals surface area contributed by atoms with Gasteiger partial charge in [-0.2, -0.15) is 0 Å². The Hall–Kier alpha value is -4.13. The van der Waals surface area contributed by atoms with Crippen LogP contribution in [0.1, 0.15) is 58.0 Å². The molecule has 176 valence electrons. The second kappa shape index (κ2) is 11.7. The molecule has 3 N–H and O–H groups in total. The number of benzene rings is 3. The van der Waals surface area contributed by atoms with Gasteiger partial charge in [0, 0.05) is 16.8 Å². The first kappa shape index (κ1) is 24.5. The predicted molar refractivity (Wildman–Crippen MR) is 132 cm³/mol. The van der Waals surface area contributed by atoms with Crippen LogP contribution in [0, 0.1) is 6.92 Å². The number of nitrogens with one attached hydrogen (secondary N) is 3. The Kier molecular flexibility index (Phi) is 8.40. The Morgan fingerprint density at radius 3 is 2.24 bits per heavy atom. The summed E-state index contributed by atoms with van der Waals surface area (Å²) in [5.41, 5.74) is 8.11. The van der Waals surface area contributed by atoms with Gasteiger partial charge in [0.1, 0.15) is 5.75 Å². The average molecular weight is 460 g/mol. The number of anilines is 1. The number of carbonyl (C=O) groups excluding carboxylic acids is 3. The second-order valence-electron chi connectivity index (χ2n) is 7.98. The first-order chi connectivity index (χ1) is 16.4. The van der Waals surface area contributed by atoms with Crippen LogP contribution in [0.5, 0.6) is 5.75 Å². The summed E-state index contributed by atoms with van der Waals surface area (Å²) in [7, 11) is 0. The summed E-state index contributed by atoms with van der Waals surface area (Å²) in [5, 5.41) is 2.81. The molecule has 1 unspecified atom stereocenters. The standard InChI is InChI=1S/C27H29N3O4/c1-4-18(2)22-10-7-8-12-24(22)34-17-25(31)29-30-26(32)20-13-15-21(16-14-20)28-27(33)23-11-6-5-9-19(23)3/h5-16,18H,4,17H2,1-3H3,(H,28,33)(H,29,31)(H,30,32). The summed E-state index contributed by atoms with van der Waals surface area (Å²) in [6, 6.07) is 21.3. The summed E-state index contributed by atoms with van der Waals surface area (Å²) in [6.07, 6.45) is 0.955. The normalized spacial score (nSPS) is 11.3. The van der Waals surface area contributed by atoms with Gasteiger partial charge >= 0.3 is 0 Å². The van der Waals surface area contributed by atoms with E-state index in [0.29, 0.717) is 28.5 Å². The SMILES string of the molecule is CCC(C)c1ccccc1OCC(=O)NNC(=O)c1ccc(NC(=O)c2ccccc2C)cc1. The topological polar surface area (TPSA) is 96.5 Å². The maximum absolute atomic E-state index is 12.4. The third kappa shape index (κ3) is 6.45. The van der Waals surface area contributed by atoms with Crippen LogP contribution in [0.3, 0.4) is 0 Å². The third-order valence-electron chi connectivity index (χ3n) is 5.53. The minimum absolute atomic E-state index is 0.225. The first-order valence-electron chi connectivity index (χ1n) is 11.2. The van der Waals surface area contributed by atoms with Gasteiger partial charge in [-0.25, -0.2) is 0 Å². The molecule has 34 heavy (non-hydrogen) atoms. The number of para-hydroxylation sites is 1. The molecule has 0 aliphatic rings. The lowest BCUT2D eigenvalue weighted by atomic mass is 9.98. The Morgan fingerprint density at radius 2 is 1.53 bits per heavy atom. The van der Waals surface area contributed by atoms with Crippen LogP contribution >= 0.6 is 0 Å². The molecule has 3 amide bonds. The number of hydrazine groups is 1. The van der Waals surface area contributed by atoms with Gasteiger partial charge in [0.2, 0.25) is 0 Å². The van der Waals surface area contributed by atoms with E-state index in [-0.39, 0.29) is 12.5 Å². The van der Waals surface area contributed by atoms with E-state index in [4.69, 9.17) is 4.74 Å². The molecule has 0 bridgehead atoms. The Labute approximate surface area is 199 Å². The van der Waals surface area contributed by atoms with E-state index in [1.54, 1.807) is 36.4 Å². The summed E-state index contributed by atoms with van der Waals surface area (Å²) in [5.74, 6) is -0.220. The van der Waals surface area contributed by atoms with Crippen molar-refractivity contribution in [3.63, 3.8) is 0 Å². The van der Waals surface area contributed by atoms with E-state index in [2.05, 4.69) is 30.0 Å². The minimum Gasteiger partial charge on any atom is -0.483 e. The molecule has 0 aromatic heterocycles. The number of ether oxygens (including phenoxy) is 1. The predicted octanol–water partition coefficient (Wildman–Crippen LogP) is 4.60. The van der Waals surface area contributed by atoms with E-state index in [0.717, 1.165) is 17.5 Å². The maximum Gasteiger partial charge on any atom is 0.276 e. The van der Waals surface area contributed by atoms with Gasteiger partial charge in [0.05, 0.1) is 0 Å². The van der Waals surface area contributed by atoms with Crippen molar-refractivity contribution in [3.8, 4) is 5.75 Å². The van der Waals surface area contributed by atoms with Gasteiger partial charge in [0.15, 0.2) is 6.61 Å². The number of hydrogen-bond acceptors (Lipinski definition) is 4. The van der Waals surface area contributed by atoms with E-state index >= 15 is 0 Å². The molecule has 0 saturated heterocycles. The van der Waals surface area contributed by atoms with Crippen LogP contribution in [0.25, 0.3) is 0 Å². The van der Waals surface area contributed by atoms with Gasteiger partial charge in [-0.3, -0.25) is 25.2 Å². The van der Waals surface area contributed by atoms with Gasteiger partial charge in [-0.1, -0.05) is 50.2 Å². The fraction of sp³-hybridized carbons (Fsp3) is 0.222. The molecule has 3 aromatic carbocycles. The summed E-state index contributed by atoms with van der Waals surface area (Å²) in [6.45, 7) is 5.83. The van der Waals surface area contributed by atoms with Gasteiger partial charge in [-0.05, 0) is 66.8 Å². The number of rotatable bonds is 8. The highest BCUT2D eigenvalue weighted by molar-refractivity contribution is 6.05. The van der Waals surface area contributed by atoms with E-state index in [1.807, 2.05) is 43.3 Å². The van der Waals surface area contributed by atoms with Crippen LogP contribution in [-0.4, -0.2) is 24.3 Å². The van der Waals surface area contributed by atoms with Crippen molar-refractivity contribution >= 4 is 23.4 Å². The zero-order valence-electron chi connectivity index (χ0n) is 19.6. The highest BCUT2D eigenvalue weighted by Gasteiger charge is 2.13. The number of aryl methyl sites for hydroxylation is 1. The van der Waals surface area contributed by atoms with Crippen molar-refractivity contribution in [1.29, 1.82) is 0 Å². The molecule has 0 fully saturated rings. The van der Waals surface area contributed by atoms with Crippen molar-refractivity contribution in [2.24, 2.45) is 0 Å². The van der Waals surface area contributed by atoms with Crippen LogP contribution in [0.2, 0.25) is 0 Å². The summed E-state index contributed by atoms with van der Waals surface area (Å²) >= 11 is 0. The second-order valence-corrected chi connectivity index (χ2v) is 7.98. The number of amides is 3. The van der Waals surface area contributed by atoms with Crippen molar-refractivity contribution < 1.29 is 19.1 Å². The smallest absolute Gasteiger partial charge is 0.276 e. The highest BCUT2D eigenvalue weighted by atomic mass is 16.5. The molecule has 0 saturated carbocycles. The zero-order chi connectivity index (χ0) is 24.5. The summed E-state index contributed by atoms with van der Waals surface area (Å²) < 4.78 is 5.65. The maximum atomic E-state index is 12.4. The molecule has 1 atom stereocenters. The molecule has 0 heterocycles. The minimum atomic E-state index is -0.481. The quantitative estimate of drug-likeness (QED) is 0.429. The lowest BCUT2D eigenvalue weighted by molar-refractivity contribution is -0.123. The highest BCUT2D eigenvalue weighted by Crippen LogP contribution is 2.28. The molecule has 7 heteroatoms. The van der Waals surface area contributed by atoms with Gasteiger partial charge in [-0.15, -0.1) is 0 Å². The van der Waals surface area contributed by atoms with Crippen molar-refractivity contribution in [2.45, 2.75) is 33.1 Å². The fourth-order valence-corrected chi connectivity index (χ4v) is 3.35. The Morgan fingerprint density at radius 1 is 0.853 bits per heavy atom. The lowest BCUT2D eigenvalue weighted by Crippen LogP contribution is -2.43. The van der Waals surface area contributed by atoms with Crippen LogP contribution in [0.15, 0.2) is 72.8 Å². The Bertz CT molecular complexity index is 1160. The van der Waals surface area contributed by atoms with Crippen LogP contribution in [-0.2, 0) is 4.79 Å². The lowest BCUT2D eigenvalue weighted by Gasteiger charge is -2.15. The van der Waals surface area contributed by atoms with E-state index in [1.165, 1.54) is 0 Å². The number of hydrogen-bond donors (Lipinski definition) is 3. The van der Waals surface area contributed by atoms with Crippen LogP contribution in [0.4, 0.5) is 5.69 Å². The molecule has 0 aliphatic carbocycles. The van der Waals surface area contributed by atoms with E-state index in [9.17, 15) is 14.4 Å². The monoisotopic (exact) mass is 459 g/mol. The van der Waals surface area contributed by atoms with Crippen LogP contribution < -0.4 is 20.9 Å². The van der Waals surface area contributed by atoms with Crippen molar-refractivity contribution in [1.82, 2.24) is 10.9 Å². The fourth-order valence-electron chi connectivity index (χ4n) is 3.35. The zero-order valence-corrected chi connectivity index (χ0v) is 19.6. The molecule has 0 spiro atoms. The average Bonchev–Trinajstić information content (AvgIpc) is 2.86. The largest absolute Gasteiger partial charge is 0.483 e. The molecule has 0 radical (unpaired) electrons. The number of carbonyl (C=O) groups is 3. The molecule has 0 aliphatic heterocycles. The molecular formula is C27H29N3O4. The summed E-state index contributed by atoms with van der Waals surface area (Å²) in [4.78, 5) is 36.9. The van der Waals surface area contributed by atoms with Gasteiger partial charge < -0.3 is 10.1 Å². The van der Waals surface area contributed by atoms with E-state index < -0.39 is 11.8 Å². The Balaban J connectivity index is 1.49.